The van der Waals surface area contributed by atoms with E-state index in [0.29, 0.717) is 0 Å². The highest BCUT2D eigenvalue weighted by atomic mass is 16.7. The van der Waals surface area contributed by atoms with Crippen molar-refractivity contribution in [1.82, 2.24) is 0 Å². The number of hydrogen-bond acceptors (Lipinski definition) is 2. The standard InChI is InChI=1S/C44H78O2/c1-8-10-12-14-16-18-20-22-24-26-36-45-43(46-37-27-25-23-21-19-17-15-13-11-9-2)38-40(4)31-28-30-39(3)33-34-42-41(5)32-29-35-44(42,6)7/h28,30-31,33-34,38,43H,8-27,29,32,35-37H2,1-7H3/b31-28+,34-33+,39-30-,40-38-. The maximum Gasteiger partial charge on any atom is 0.177 e. The van der Waals surface area contributed by atoms with Crippen LogP contribution in [-0.4, -0.2) is 19.5 Å². The molecular weight excluding hydrogens is 560 g/mol. The zero-order valence-electron chi connectivity index (χ0n) is 32.0. The predicted octanol–water partition coefficient (Wildman–Crippen LogP) is 14.7. The second-order valence-electron chi connectivity index (χ2n) is 14.9. The second-order valence-corrected chi connectivity index (χ2v) is 14.9. The normalized spacial score (nSPS) is 16.2. The summed E-state index contributed by atoms with van der Waals surface area (Å²) in [7, 11) is 0. The lowest BCUT2D eigenvalue weighted by Gasteiger charge is -2.32. The average molecular weight is 639 g/mol. The minimum Gasteiger partial charge on any atom is -0.349 e. The summed E-state index contributed by atoms with van der Waals surface area (Å²) in [6.45, 7) is 17.6. The SMILES string of the molecule is CCCCCCCCCCCCOC(\C=C(C)/C=C/C=C(C)\C=C\C1=C(C)CCCC1(C)C)OCCCCCCCCCCCC. The molecule has 46 heavy (non-hydrogen) atoms. The molecule has 0 saturated carbocycles. The van der Waals surface area contributed by atoms with Gasteiger partial charge in [0.05, 0.1) is 13.2 Å². The van der Waals surface area contributed by atoms with E-state index in [2.05, 4.69) is 84.9 Å². The Bertz CT molecular complexity index is 858. The van der Waals surface area contributed by atoms with Crippen LogP contribution in [0.5, 0.6) is 0 Å². The van der Waals surface area contributed by atoms with Crippen molar-refractivity contribution in [2.45, 2.75) is 202 Å². The van der Waals surface area contributed by atoms with E-state index in [4.69, 9.17) is 9.47 Å². The van der Waals surface area contributed by atoms with E-state index >= 15 is 0 Å². The third kappa shape index (κ3) is 23.0. The van der Waals surface area contributed by atoms with Gasteiger partial charge in [-0.2, -0.15) is 0 Å². The molecule has 0 spiro atoms. The first-order chi connectivity index (χ1) is 22.3. The largest absolute Gasteiger partial charge is 0.349 e. The molecule has 0 aromatic carbocycles. The Morgan fingerprint density at radius 1 is 0.652 bits per heavy atom. The molecule has 0 aromatic heterocycles. The molecule has 0 unspecified atom stereocenters. The van der Waals surface area contributed by atoms with E-state index in [1.807, 2.05) is 0 Å². The van der Waals surface area contributed by atoms with Crippen LogP contribution in [0.1, 0.15) is 196 Å². The van der Waals surface area contributed by atoms with Gasteiger partial charge in [0, 0.05) is 0 Å². The van der Waals surface area contributed by atoms with Crippen molar-refractivity contribution >= 4 is 0 Å². The molecule has 1 aliphatic rings. The van der Waals surface area contributed by atoms with Crippen LogP contribution in [0.2, 0.25) is 0 Å². The van der Waals surface area contributed by atoms with Gasteiger partial charge < -0.3 is 9.47 Å². The highest BCUT2D eigenvalue weighted by Gasteiger charge is 2.26. The fourth-order valence-corrected chi connectivity index (χ4v) is 6.62. The average Bonchev–Trinajstić information content (AvgIpc) is 3.01. The molecule has 0 saturated heterocycles. The van der Waals surface area contributed by atoms with Gasteiger partial charge in [0.2, 0.25) is 0 Å². The van der Waals surface area contributed by atoms with E-state index in [9.17, 15) is 0 Å². The van der Waals surface area contributed by atoms with Crippen LogP contribution in [0.4, 0.5) is 0 Å². The molecule has 0 N–H and O–H groups in total. The summed E-state index contributed by atoms with van der Waals surface area (Å²) in [5, 5.41) is 0. The molecule has 0 radical (unpaired) electrons. The minimum absolute atomic E-state index is 0.254. The first kappa shape index (κ1) is 42.6. The van der Waals surface area contributed by atoms with Crippen LogP contribution in [-0.2, 0) is 9.47 Å². The summed E-state index contributed by atoms with van der Waals surface area (Å²) in [5.74, 6) is 0. The van der Waals surface area contributed by atoms with Gasteiger partial charge in [0.25, 0.3) is 0 Å². The van der Waals surface area contributed by atoms with E-state index in [1.54, 1.807) is 5.57 Å². The van der Waals surface area contributed by atoms with Crippen molar-refractivity contribution in [3.8, 4) is 0 Å². The zero-order valence-corrected chi connectivity index (χ0v) is 32.0. The molecule has 0 atom stereocenters. The molecule has 2 nitrogen and oxygen atoms in total. The second kappa shape index (κ2) is 28.6. The van der Waals surface area contributed by atoms with Crippen molar-refractivity contribution in [3.05, 3.63) is 58.7 Å². The highest BCUT2D eigenvalue weighted by Crippen LogP contribution is 2.40. The number of unbranched alkanes of at least 4 members (excludes halogenated alkanes) is 18. The van der Waals surface area contributed by atoms with Gasteiger partial charge in [0.15, 0.2) is 6.29 Å². The summed E-state index contributed by atoms with van der Waals surface area (Å²) in [5.41, 5.74) is 5.82. The van der Waals surface area contributed by atoms with Gasteiger partial charge in [-0.3, -0.25) is 0 Å². The summed E-state index contributed by atoms with van der Waals surface area (Å²) < 4.78 is 12.6. The van der Waals surface area contributed by atoms with Crippen molar-refractivity contribution in [3.63, 3.8) is 0 Å². The van der Waals surface area contributed by atoms with Gasteiger partial charge in [-0.1, -0.05) is 190 Å². The number of ether oxygens (including phenoxy) is 2. The maximum absolute atomic E-state index is 6.28. The third-order valence-corrected chi connectivity index (χ3v) is 9.73. The lowest BCUT2D eigenvalue weighted by molar-refractivity contribution is -0.113. The van der Waals surface area contributed by atoms with Crippen LogP contribution in [0.3, 0.4) is 0 Å². The van der Waals surface area contributed by atoms with E-state index in [1.165, 1.54) is 152 Å². The molecular formula is C44H78O2. The maximum atomic E-state index is 6.28. The van der Waals surface area contributed by atoms with E-state index < -0.39 is 0 Å². The van der Waals surface area contributed by atoms with E-state index in [0.717, 1.165) is 26.1 Å². The Hall–Kier alpha value is -1.38. The molecule has 0 heterocycles. The summed E-state index contributed by atoms with van der Waals surface area (Å²) in [6.07, 6.45) is 43.8. The minimum atomic E-state index is -0.254. The molecule has 0 fully saturated rings. The van der Waals surface area contributed by atoms with Crippen LogP contribution in [0.15, 0.2) is 58.7 Å². The molecule has 0 bridgehead atoms. The predicted molar refractivity (Wildman–Crippen MR) is 206 cm³/mol. The summed E-state index contributed by atoms with van der Waals surface area (Å²) >= 11 is 0. The summed E-state index contributed by atoms with van der Waals surface area (Å²) in [4.78, 5) is 0. The van der Waals surface area contributed by atoms with Crippen LogP contribution in [0, 0.1) is 5.41 Å². The fourth-order valence-electron chi connectivity index (χ4n) is 6.62. The van der Waals surface area contributed by atoms with Gasteiger partial charge in [-0.25, -0.2) is 0 Å². The zero-order chi connectivity index (χ0) is 33.7. The quantitative estimate of drug-likeness (QED) is 0.0461. The molecule has 1 aliphatic carbocycles. The Morgan fingerprint density at radius 2 is 1.11 bits per heavy atom. The van der Waals surface area contributed by atoms with Gasteiger partial charge in [-0.05, 0) is 69.9 Å². The topological polar surface area (TPSA) is 18.5 Å². The van der Waals surface area contributed by atoms with Crippen molar-refractivity contribution in [1.29, 1.82) is 0 Å². The smallest absolute Gasteiger partial charge is 0.177 e. The van der Waals surface area contributed by atoms with Gasteiger partial charge in [-0.15, -0.1) is 0 Å². The number of allylic oxidation sites excluding steroid dienone is 9. The van der Waals surface area contributed by atoms with Crippen LogP contribution in [0.25, 0.3) is 0 Å². The molecule has 0 aromatic rings. The molecule has 0 aliphatic heterocycles. The fraction of sp³-hybridized carbons (Fsp3) is 0.773. The molecule has 1 rings (SSSR count). The van der Waals surface area contributed by atoms with Crippen molar-refractivity contribution in [2.24, 2.45) is 5.41 Å². The van der Waals surface area contributed by atoms with Crippen LogP contribution >= 0.6 is 0 Å². The number of rotatable bonds is 29. The lowest BCUT2D eigenvalue weighted by atomic mass is 9.72. The number of hydrogen-bond donors (Lipinski definition) is 0. The Balaban J connectivity index is 2.53. The Labute approximate surface area is 288 Å². The van der Waals surface area contributed by atoms with E-state index in [-0.39, 0.29) is 11.7 Å². The molecule has 2 heteroatoms. The Morgan fingerprint density at radius 3 is 1.57 bits per heavy atom. The molecule has 266 valence electrons. The molecule has 0 amide bonds. The third-order valence-electron chi connectivity index (χ3n) is 9.73. The van der Waals surface area contributed by atoms with Crippen molar-refractivity contribution in [2.75, 3.05) is 13.2 Å². The van der Waals surface area contributed by atoms with Gasteiger partial charge in [0.1, 0.15) is 0 Å². The monoisotopic (exact) mass is 639 g/mol. The lowest BCUT2D eigenvalue weighted by Crippen LogP contribution is -2.19. The van der Waals surface area contributed by atoms with Gasteiger partial charge >= 0.3 is 0 Å². The first-order valence-corrected chi connectivity index (χ1v) is 19.9. The summed E-state index contributed by atoms with van der Waals surface area (Å²) in [6, 6.07) is 0. The van der Waals surface area contributed by atoms with Crippen LogP contribution < -0.4 is 0 Å². The Kier molecular flexibility index (Phi) is 26.5. The first-order valence-electron chi connectivity index (χ1n) is 19.9. The highest BCUT2D eigenvalue weighted by molar-refractivity contribution is 5.37. The van der Waals surface area contributed by atoms with Crippen molar-refractivity contribution < 1.29 is 9.47 Å².